The number of amides is 1. The minimum atomic E-state index is -0.878. The van der Waals surface area contributed by atoms with Crippen LogP contribution in [-0.2, 0) is 10.3 Å². The number of ether oxygens (including phenoxy) is 1. The highest BCUT2D eigenvalue weighted by molar-refractivity contribution is 5.76. The Morgan fingerprint density at radius 3 is 2.49 bits per heavy atom. The normalized spacial score (nSPS) is 23.5. The second-order valence-corrected chi connectivity index (χ2v) is 9.41. The lowest BCUT2D eigenvalue weighted by molar-refractivity contribution is -0.0680. The van der Waals surface area contributed by atoms with E-state index in [0.29, 0.717) is 31.5 Å². The molecule has 0 aromatic heterocycles. The van der Waals surface area contributed by atoms with Gasteiger partial charge in [0.05, 0.1) is 6.04 Å². The number of carbonyl (C=O) groups excluding carboxylic acids is 1. The van der Waals surface area contributed by atoms with Crippen LogP contribution in [0.15, 0.2) is 66.4 Å². The fourth-order valence-electron chi connectivity index (χ4n) is 4.96. The van der Waals surface area contributed by atoms with Gasteiger partial charge in [-0.3, -0.25) is 0 Å². The summed E-state index contributed by atoms with van der Waals surface area (Å²) in [5.41, 5.74) is 3.54. The second kappa shape index (κ2) is 10.2. The molecule has 186 valence electrons. The van der Waals surface area contributed by atoms with Crippen LogP contribution in [0.1, 0.15) is 62.8 Å². The van der Waals surface area contributed by atoms with Crippen molar-refractivity contribution in [3.63, 3.8) is 0 Å². The fraction of sp³-hybridized carbons (Fsp3) is 0.393. The molecule has 2 aliphatic rings. The Labute approximate surface area is 205 Å². The standard InChI is InChI=1S/C28H32FN2O4/c1-19-17-24(18-20(2)31(19)34)23-7-5-22(6-8-23)21(3)30-15-14-28(13-4-16-32,35-27(30)33)25-9-11-26(29)12-10-25/h5-12,17-19,21,32H,4,13-16H2,1-3H3/q-1. The van der Waals surface area contributed by atoms with Crippen molar-refractivity contribution in [2.24, 2.45) is 0 Å². The van der Waals surface area contributed by atoms with Crippen molar-refractivity contribution in [1.82, 2.24) is 9.96 Å². The molecule has 2 aliphatic heterocycles. The predicted octanol–water partition coefficient (Wildman–Crippen LogP) is 5.89. The number of aliphatic hydroxyl groups excluding tert-OH is 1. The molecule has 0 radical (unpaired) electrons. The largest absolute Gasteiger partial charge is 0.758 e. The monoisotopic (exact) mass is 479 g/mol. The summed E-state index contributed by atoms with van der Waals surface area (Å²) in [5, 5.41) is 22.4. The lowest BCUT2D eigenvalue weighted by Gasteiger charge is -2.43. The number of hydroxylamine groups is 2. The van der Waals surface area contributed by atoms with Crippen molar-refractivity contribution in [3.05, 3.63) is 94.1 Å². The van der Waals surface area contributed by atoms with Crippen LogP contribution in [0.5, 0.6) is 0 Å². The second-order valence-electron chi connectivity index (χ2n) is 9.41. The third-order valence-electron chi connectivity index (χ3n) is 7.08. The van der Waals surface area contributed by atoms with E-state index in [0.717, 1.165) is 27.3 Å². The molecule has 1 amide bonds. The number of hydrogen-bond acceptors (Lipinski definition) is 5. The van der Waals surface area contributed by atoms with E-state index in [4.69, 9.17) is 4.74 Å². The summed E-state index contributed by atoms with van der Waals surface area (Å²) in [5.74, 6) is -0.346. The van der Waals surface area contributed by atoms with Gasteiger partial charge in [-0.2, -0.15) is 0 Å². The number of allylic oxidation sites excluding steroid dienone is 3. The van der Waals surface area contributed by atoms with Gasteiger partial charge in [0.2, 0.25) is 0 Å². The molecule has 4 rings (SSSR count). The molecule has 1 N–H and O–H groups in total. The molecule has 0 spiro atoms. The first-order valence-electron chi connectivity index (χ1n) is 12.1. The molecular weight excluding hydrogens is 447 g/mol. The van der Waals surface area contributed by atoms with E-state index in [9.17, 15) is 19.5 Å². The minimum Gasteiger partial charge on any atom is -0.758 e. The third kappa shape index (κ3) is 5.11. The van der Waals surface area contributed by atoms with E-state index < -0.39 is 11.7 Å². The lowest BCUT2D eigenvalue weighted by Crippen LogP contribution is -2.48. The Morgan fingerprint density at radius 2 is 1.89 bits per heavy atom. The van der Waals surface area contributed by atoms with Crippen LogP contribution < -0.4 is 0 Å². The first kappa shape index (κ1) is 24.9. The zero-order valence-electron chi connectivity index (χ0n) is 20.4. The highest BCUT2D eigenvalue weighted by atomic mass is 19.1. The number of hydrogen-bond donors (Lipinski definition) is 1. The number of benzene rings is 2. The summed E-state index contributed by atoms with van der Waals surface area (Å²) >= 11 is 0. The van der Waals surface area contributed by atoms with Gasteiger partial charge in [0.25, 0.3) is 0 Å². The fourth-order valence-corrected chi connectivity index (χ4v) is 4.96. The number of cyclic esters (lactones) is 1. The Bertz CT molecular complexity index is 1110. The van der Waals surface area contributed by atoms with Gasteiger partial charge in [0, 0.05) is 31.3 Å². The zero-order valence-corrected chi connectivity index (χ0v) is 20.4. The van der Waals surface area contributed by atoms with Crippen LogP contribution in [0.25, 0.3) is 5.57 Å². The average Bonchev–Trinajstić information content (AvgIpc) is 2.86. The molecule has 1 fully saturated rings. The molecule has 7 heteroatoms. The van der Waals surface area contributed by atoms with Gasteiger partial charge in [-0.15, -0.1) is 0 Å². The lowest BCUT2D eigenvalue weighted by atomic mass is 9.84. The van der Waals surface area contributed by atoms with Crippen LogP contribution in [-0.4, -0.2) is 40.4 Å². The third-order valence-corrected chi connectivity index (χ3v) is 7.08. The van der Waals surface area contributed by atoms with Gasteiger partial charge in [0.1, 0.15) is 11.4 Å². The van der Waals surface area contributed by atoms with Crippen LogP contribution in [0.3, 0.4) is 0 Å². The van der Waals surface area contributed by atoms with E-state index >= 15 is 0 Å². The summed E-state index contributed by atoms with van der Waals surface area (Å²) in [7, 11) is 0. The number of aliphatic hydroxyl groups is 1. The maximum absolute atomic E-state index is 13.5. The quantitative estimate of drug-likeness (QED) is 0.536. The van der Waals surface area contributed by atoms with Gasteiger partial charge < -0.3 is 25.0 Å². The predicted molar refractivity (Wildman–Crippen MR) is 133 cm³/mol. The number of halogens is 1. The Hall–Kier alpha value is -3.16. The highest BCUT2D eigenvalue weighted by Gasteiger charge is 2.43. The van der Waals surface area contributed by atoms with Crippen molar-refractivity contribution < 1.29 is 19.0 Å². The van der Waals surface area contributed by atoms with E-state index in [-0.39, 0.29) is 24.5 Å². The molecule has 0 aliphatic carbocycles. The smallest absolute Gasteiger partial charge is 0.411 e. The Morgan fingerprint density at radius 1 is 1.20 bits per heavy atom. The van der Waals surface area contributed by atoms with Crippen LogP contribution in [0, 0.1) is 11.0 Å². The van der Waals surface area contributed by atoms with E-state index in [1.807, 2.05) is 50.3 Å². The van der Waals surface area contributed by atoms with Crippen LogP contribution in [0.4, 0.5) is 9.18 Å². The molecule has 2 aromatic rings. The molecule has 1 saturated heterocycles. The molecule has 0 saturated carbocycles. The van der Waals surface area contributed by atoms with E-state index in [1.165, 1.54) is 12.1 Å². The number of nitrogens with zero attached hydrogens (tertiary/aromatic N) is 2. The van der Waals surface area contributed by atoms with Crippen LogP contribution in [0.2, 0.25) is 0 Å². The van der Waals surface area contributed by atoms with Gasteiger partial charge in [0.15, 0.2) is 0 Å². The molecular formula is C28H32FN2O4-. The van der Waals surface area contributed by atoms with Crippen molar-refractivity contribution in [3.8, 4) is 0 Å². The van der Waals surface area contributed by atoms with Crippen molar-refractivity contribution in [2.45, 2.75) is 57.7 Å². The first-order chi connectivity index (χ1) is 16.7. The van der Waals surface area contributed by atoms with Crippen molar-refractivity contribution >= 4 is 11.7 Å². The van der Waals surface area contributed by atoms with Gasteiger partial charge in [-0.05, 0) is 74.1 Å². The summed E-state index contributed by atoms with van der Waals surface area (Å²) in [6.45, 7) is 6.12. The highest BCUT2D eigenvalue weighted by Crippen LogP contribution is 2.40. The molecule has 0 bridgehead atoms. The SMILES string of the molecule is CC1=CC(c2ccc(C(C)N3CCC(CCCO)(c4ccc(F)cc4)OC3=O)cc2)=CC(C)N1[O-]. The van der Waals surface area contributed by atoms with E-state index in [1.54, 1.807) is 24.0 Å². The number of rotatable bonds is 7. The Balaban J connectivity index is 1.50. The van der Waals surface area contributed by atoms with Gasteiger partial charge in [-0.25, -0.2) is 9.18 Å². The van der Waals surface area contributed by atoms with Gasteiger partial charge >= 0.3 is 6.09 Å². The maximum atomic E-state index is 13.5. The first-order valence-corrected chi connectivity index (χ1v) is 12.1. The molecule has 6 nitrogen and oxygen atoms in total. The summed E-state index contributed by atoms with van der Waals surface area (Å²) in [6, 6.07) is 13.6. The summed E-state index contributed by atoms with van der Waals surface area (Å²) < 4.78 is 19.5. The molecule has 3 unspecified atom stereocenters. The topological polar surface area (TPSA) is 76.1 Å². The molecule has 3 atom stereocenters. The summed E-state index contributed by atoms with van der Waals surface area (Å²) in [4.78, 5) is 14.9. The Kier molecular flexibility index (Phi) is 7.28. The average molecular weight is 480 g/mol. The molecule has 35 heavy (non-hydrogen) atoms. The molecule has 2 heterocycles. The minimum absolute atomic E-state index is 0.0102. The van der Waals surface area contributed by atoms with Crippen molar-refractivity contribution in [2.75, 3.05) is 13.2 Å². The molecule has 2 aromatic carbocycles. The van der Waals surface area contributed by atoms with E-state index in [2.05, 4.69) is 0 Å². The van der Waals surface area contributed by atoms with Gasteiger partial charge in [-0.1, -0.05) is 42.5 Å². The maximum Gasteiger partial charge on any atom is 0.411 e. The number of carbonyl (C=O) groups is 1. The zero-order chi connectivity index (χ0) is 25.2. The summed E-state index contributed by atoms with van der Waals surface area (Å²) in [6.07, 6.45) is 4.91. The van der Waals surface area contributed by atoms with Crippen molar-refractivity contribution in [1.29, 1.82) is 0 Å². The van der Waals surface area contributed by atoms with Crippen LogP contribution >= 0.6 is 0 Å².